The minimum atomic E-state index is -4.41. The largest absolute Gasteiger partial charge is 1.00 e. The Morgan fingerprint density at radius 1 is 1.38 bits per heavy atom. The molecule has 0 saturated carbocycles. The van der Waals surface area contributed by atoms with Gasteiger partial charge in [0.2, 0.25) is 0 Å². The maximum Gasteiger partial charge on any atom is 1.00 e. The van der Waals surface area contributed by atoms with Gasteiger partial charge in [-0.05, 0) is 6.92 Å². The number of aromatic nitrogens is 2. The van der Waals surface area contributed by atoms with Crippen molar-refractivity contribution in [1.29, 1.82) is 0 Å². The van der Waals surface area contributed by atoms with Gasteiger partial charge in [-0.3, -0.25) is 4.57 Å². The summed E-state index contributed by atoms with van der Waals surface area (Å²) >= 11 is 0. The van der Waals surface area contributed by atoms with Crippen LogP contribution in [0.5, 0.6) is 0 Å². The Morgan fingerprint density at radius 3 is 2.00 bits per heavy atom. The van der Waals surface area contributed by atoms with Crippen molar-refractivity contribution >= 4 is 15.9 Å². The molecule has 1 heterocycles. The number of aromatic amines is 1. The van der Waals surface area contributed by atoms with Gasteiger partial charge in [0.15, 0.2) is 5.85 Å². The molecule has 11 nitrogen and oxygen atoms in total. The summed E-state index contributed by atoms with van der Waals surface area (Å²) in [6, 6.07) is 0. The van der Waals surface area contributed by atoms with E-state index < -0.39 is 21.7 Å². The number of aryl methyl sites for hydroxylation is 1. The standard InChI is InChI=1S/C6H11N2O4P.2Na.HO3P.2H2O.2H/c1-4-7-3-5(8-4)2-6(9)13(10,11)12;;;1-4(2)3;;;;/h3,6,9H,2H2,1H3,(H,7,8)(H2,10,11,12);;;(H-,1,2,3);2*1H2;;/q;2*+1;;;;2*-1/p+1. The number of hydrogen-bond donors (Lipinski definition) is 6. The Hall–Kier alpha value is 1.26. The van der Waals surface area contributed by atoms with Gasteiger partial charge in [-0.15, -0.1) is 9.79 Å². The summed E-state index contributed by atoms with van der Waals surface area (Å²) in [5.41, 5.74) is 0.508. The fourth-order valence-electron chi connectivity index (χ4n) is 0.891. The molecule has 0 radical (unpaired) electrons. The molecule has 0 bridgehead atoms. The van der Waals surface area contributed by atoms with E-state index in [0.717, 1.165) is 0 Å². The first-order valence-corrected chi connectivity index (χ1v) is 7.06. The first-order chi connectivity index (χ1) is 7.62. The fourth-order valence-corrected chi connectivity index (χ4v) is 1.33. The van der Waals surface area contributed by atoms with E-state index in [-0.39, 0.29) is 79.3 Å². The topological polar surface area (TPSA) is 227 Å². The second-order valence-electron chi connectivity index (χ2n) is 3.02. The molecule has 1 atom stereocenters. The van der Waals surface area contributed by atoms with Gasteiger partial charge >= 0.3 is 75.0 Å². The summed E-state index contributed by atoms with van der Waals surface area (Å²) in [4.78, 5) is 38.0. The van der Waals surface area contributed by atoms with Gasteiger partial charge < -0.3 is 33.7 Å². The van der Waals surface area contributed by atoms with E-state index in [0.29, 0.717) is 11.5 Å². The number of nitrogens with zero attached hydrogens (tertiary/aromatic N) is 1. The summed E-state index contributed by atoms with van der Waals surface area (Å²) in [5, 5.41) is 9.04. The molecule has 21 heavy (non-hydrogen) atoms. The predicted octanol–water partition coefficient (Wildman–Crippen LogP) is -8.03. The first kappa shape index (κ1) is 33.8. The number of hydrogen-bond acceptors (Lipinski definition) is 4. The SMILES string of the molecule is Cc1ncc(CC(O)P(=O)(O)O)[nH]1.O.O.O=[P+](O)O.[H-].[H-].[Na+].[Na+]. The van der Waals surface area contributed by atoms with Gasteiger partial charge in [-0.1, -0.05) is 0 Å². The van der Waals surface area contributed by atoms with Crippen LogP contribution in [0.4, 0.5) is 0 Å². The van der Waals surface area contributed by atoms with Crippen LogP contribution in [-0.2, 0) is 15.6 Å². The molecule has 1 aromatic rings. The number of rotatable bonds is 3. The Kier molecular flexibility index (Phi) is 25.9. The Balaban J connectivity index is -0.0000000467. The van der Waals surface area contributed by atoms with E-state index in [2.05, 4.69) is 9.97 Å². The van der Waals surface area contributed by atoms with E-state index in [4.69, 9.17) is 29.2 Å². The van der Waals surface area contributed by atoms with Crippen molar-refractivity contribution in [3.8, 4) is 0 Å². The van der Waals surface area contributed by atoms with Crippen LogP contribution < -0.4 is 59.1 Å². The van der Waals surface area contributed by atoms with Crippen LogP contribution in [0.15, 0.2) is 6.20 Å². The van der Waals surface area contributed by atoms with Crippen molar-refractivity contribution < 1.29 is 107 Å². The summed E-state index contributed by atoms with van der Waals surface area (Å²) in [7, 11) is -7.28. The van der Waals surface area contributed by atoms with Gasteiger partial charge in [0.05, 0.1) is 0 Å². The fraction of sp³-hybridized carbons (Fsp3) is 0.500. The van der Waals surface area contributed by atoms with Gasteiger partial charge in [-0.2, -0.15) is 0 Å². The van der Waals surface area contributed by atoms with Crippen LogP contribution in [0, 0.1) is 6.92 Å². The van der Waals surface area contributed by atoms with Crippen LogP contribution in [-0.4, -0.2) is 51.4 Å². The molecule has 1 unspecified atom stereocenters. The molecule has 0 aliphatic carbocycles. The molecule has 0 aromatic carbocycles. The molecular weight excluding hydrogens is 352 g/mol. The van der Waals surface area contributed by atoms with Crippen molar-refractivity contribution in [3.63, 3.8) is 0 Å². The molecule has 0 amide bonds. The summed E-state index contributed by atoms with van der Waals surface area (Å²) in [6.07, 6.45) is 1.32. The van der Waals surface area contributed by atoms with E-state index in [1.807, 2.05) is 0 Å². The van der Waals surface area contributed by atoms with E-state index in [1.54, 1.807) is 6.92 Å². The van der Waals surface area contributed by atoms with Crippen molar-refractivity contribution in [2.75, 3.05) is 0 Å². The molecule has 1 rings (SSSR count). The molecule has 15 heteroatoms. The normalized spacial score (nSPS) is 10.2. The smallest absolute Gasteiger partial charge is 1.00 e. The molecule has 0 fully saturated rings. The third-order valence-electron chi connectivity index (χ3n) is 1.55. The summed E-state index contributed by atoms with van der Waals surface area (Å²) < 4.78 is 19.3. The third-order valence-corrected chi connectivity index (χ3v) is 2.51. The van der Waals surface area contributed by atoms with E-state index >= 15 is 0 Å². The zero-order valence-corrected chi connectivity index (χ0v) is 17.5. The minimum absolute atomic E-state index is 0. The van der Waals surface area contributed by atoms with Crippen molar-refractivity contribution in [1.82, 2.24) is 9.97 Å². The summed E-state index contributed by atoms with van der Waals surface area (Å²) in [5.74, 6) is -1.01. The molecule has 0 aliphatic rings. The zero-order valence-electron chi connectivity index (χ0n) is 13.8. The molecule has 0 spiro atoms. The van der Waals surface area contributed by atoms with Gasteiger partial charge in [0.25, 0.3) is 0 Å². The third kappa shape index (κ3) is 19.2. The predicted molar refractivity (Wildman–Crippen MR) is 66.6 cm³/mol. The van der Waals surface area contributed by atoms with E-state index in [9.17, 15) is 4.57 Å². The monoisotopic (exact) mass is 371 g/mol. The zero-order chi connectivity index (χ0) is 13.6. The van der Waals surface area contributed by atoms with Gasteiger partial charge in [-0.25, -0.2) is 4.98 Å². The molecule has 118 valence electrons. The van der Waals surface area contributed by atoms with Crippen molar-refractivity contribution in [3.05, 3.63) is 17.7 Å². The Bertz CT molecular complexity index is 432. The van der Waals surface area contributed by atoms with Gasteiger partial charge in [0, 0.05) is 22.9 Å². The van der Waals surface area contributed by atoms with Crippen LogP contribution in [0.1, 0.15) is 14.4 Å². The average molecular weight is 371 g/mol. The number of aliphatic hydroxyl groups is 1. The number of imidazole rings is 1. The molecule has 0 saturated heterocycles. The average Bonchev–Trinajstić information content (AvgIpc) is 2.48. The maximum atomic E-state index is 10.6. The Morgan fingerprint density at radius 2 is 1.76 bits per heavy atom. The second-order valence-corrected chi connectivity index (χ2v) is 5.30. The van der Waals surface area contributed by atoms with Gasteiger partial charge in [0.1, 0.15) is 5.82 Å². The van der Waals surface area contributed by atoms with Crippen LogP contribution >= 0.6 is 15.9 Å². The van der Waals surface area contributed by atoms with Crippen LogP contribution in [0.2, 0.25) is 0 Å². The number of aliphatic hydroxyl groups excluding tert-OH is 1. The maximum absolute atomic E-state index is 10.6. The Labute approximate surface area is 168 Å². The van der Waals surface area contributed by atoms with Crippen LogP contribution in [0.25, 0.3) is 0 Å². The molecule has 0 aliphatic heterocycles. The summed E-state index contributed by atoms with van der Waals surface area (Å²) in [6.45, 7) is 1.72. The van der Waals surface area contributed by atoms with Crippen molar-refractivity contribution in [2.24, 2.45) is 0 Å². The van der Waals surface area contributed by atoms with Crippen molar-refractivity contribution in [2.45, 2.75) is 19.2 Å². The molecular formula is C6H19N2Na2O9P2+. The molecule has 10 N–H and O–H groups in total. The van der Waals surface area contributed by atoms with Crippen LogP contribution in [0.3, 0.4) is 0 Å². The van der Waals surface area contributed by atoms with E-state index in [1.165, 1.54) is 6.20 Å². The molecule has 1 aromatic heterocycles. The first-order valence-electron chi connectivity index (χ1n) is 4.21. The number of H-pyrrole nitrogens is 1. The minimum Gasteiger partial charge on any atom is -1.00 e. The second kappa shape index (κ2) is 16.1. The quantitative estimate of drug-likeness (QED) is 0.220. The number of nitrogens with one attached hydrogen (secondary N) is 1.